The predicted octanol–water partition coefficient (Wildman–Crippen LogP) is 4.44. The second-order valence-corrected chi connectivity index (χ2v) is 4.62. The molecule has 22 heavy (non-hydrogen) atoms. The van der Waals surface area contributed by atoms with E-state index in [0.717, 1.165) is 11.1 Å². The molecule has 0 aromatic heterocycles. The van der Waals surface area contributed by atoms with Crippen LogP contribution < -0.4 is 4.74 Å². The molecule has 0 radical (unpaired) electrons. The summed E-state index contributed by atoms with van der Waals surface area (Å²) in [5.41, 5.74) is 2.51. The zero-order valence-corrected chi connectivity index (χ0v) is 11.8. The monoisotopic (exact) mass is 309 g/mol. The largest absolute Gasteiger partial charge is 0.573 e. The lowest BCUT2D eigenvalue weighted by molar-refractivity contribution is -0.274. The number of alkyl halides is 3. The quantitative estimate of drug-likeness (QED) is 0.603. The van der Waals surface area contributed by atoms with E-state index in [1.54, 1.807) is 12.3 Å². The third-order valence-electron chi connectivity index (χ3n) is 2.68. The highest BCUT2D eigenvalue weighted by atomic mass is 19.4. The molecule has 0 fully saturated rings. The molecular weight excluding hydrogens is 295 g/mol. The number of halogens is 3. The van der Waals surface area contributed by atoms with Gasteiger partial charge in [0.25, 0.3) is 0 Å². The molecule has 0 heterocycles. The van der Waals surface area contributed by atoms with E-state index < -0.39 is 6.36 Å². The van der Waals surface area contributed by atoms with Crippen LogP contribution >= 0.6 is 0 Å². The van der Waals surface area contributed by atoms with Crippen molar-refractivity contribution in [3.63, 3.8) is 0 Å². The minimum atomic E-state index is -4.71. The van der Waals surface area contributed by atoms with Gasteiger partial charge in [0.15, 0.2) is 0 Å². The third kappa shape index (κ3) is 5.47. The molecule has 2 aromatic carbocycles. The first kappa shape index (κ1) is 15.9. The van der Waals surface area contributed by atoms with Crippen LogP contribution in [0.5, 0.6) is 5.75 Å². The summed E-state index contributed by atoms with van der Waals surface area (Å²) >= 11 is 0. The number of rotatable bonds is 5. The lowest BCUT2D eigenvalue weighted by Crippen LogP contribution is -2.17. The van der Waals surface area contributed by atoms with E-state index in [9.17, 15) is 13.2 Å². The molecule has 0 saturated carbocycles. The first-order valence-corrected chi connectivity index (χ1v) is 6.49. The van der Waals surface area contributed by atoms with Crippen molar-refractivity contribution in [1.29, 1.82) is 0 Å². The number of nitrogens with zero attached hydrogens (tertiary/aromatic N) is 1. The Labute approximate surface area is 126 Å². The zero-order chi connectivity index (χ0) is 16.0. The van der Waals surface area contributed by atoms with Crippen LogP contribution in [-0.2, 0) is 11.4 Å². The molecule has 2 rings (SSSR count). The van der Waals surface area contributed by atoms with Crippen LogP contribution in [0.15, 0.2) is 53.7 Å². The van der Waals surface area contributed by atoms with Crippen molar-refractivity contribution < 1.29 is 22.7 Å². The van der Waals surface area contributed by atoms with Crippen molar-refractivity contribution in [2.45, 2.75) is 19.9 Å². The second-order valence-electron chi connectivity index (χ2n) is 4.62. The maximum absolute atomic E-state index is 12.1. The minimum Gasteiger partial charge on any atom is -0.406 e. The Hall–Kier alpha value is -2.50. The SMILES string of the molecule is Cc1cccc(C=NOCc2cccc(OC(F)(F)F)c2)c1. The van der Waals surface area contributed by atoms with E-state index in [-0.39, 0.29) is 12.4 Å². The van der Waals surface area contributed by atoms with E-state index in [1.165, 1.54) is 18.2 Å². The van der Waals surface area contributed by atoms with Crippen molar-refractivity contribution in [3.8, 4) is 5.75 Å². The van der Waals surface area contributed by atoms with Gasteiger partial charge < -0.3 is 9.57 Å². The summed E-state index contributed by atoms with van der Waals surface area (Å²) in [7, 11) is 0. The summed E-state index contributed by atoms with van der Waals surface area (Å²) < 4.78 is 40.2. The molecule has 0 unspecified atom stereocenters. The summed E-state index contributed by atoms with van der Waals surface area (Å²) in [6.07, 6.45) is -3.16. The zero-order valence-electron chi connectivity index (χ0n) is 11.8. The van der Waals surface area contributed by atoms with E-state index in [1.807, 2.05) is 31.2 Å². The van der Waals surface area contributed by atoms with Gasteiger partial charge in [0.2, 0.25) is 0 Å². The second kappa shape index (κ2) is 6.98. The summed E-state index contributed by atoms with van der Waals surface area (Å²) in [6.45, 7) is 2.02. The number of benzene rings is 2. The summed E-state index contributed by atoms with van der Waals surface area (Å²) in [5, 5.41) is 3.79. The molecule has 116 valence electrons. The van der Waals surface area contributed by atoms with Gasteiger partial charge in [-0.3, -0.25) is 0 Å². The third-order valence-corrected chi connectivity index (χ3v) is 2.68. The van der Waals surface area contributed by atoms with Crippen molar-refractivity contribution in [3.05, 3.63) is 65.2 Å². The van der Waals surface area contributed by atoms with Crippen LogP contribution in [0.3, 0.4) is 0 Å². The molecule has 0 bridgehead atoms. The van der Waals surface area contributed by atoms with Gasteiger partial charge in [-0.25, -0.2) is 0 Å². The number of oxime groups is 1. The van der Waals surface area contributed by atoms with Crippen LogP contribution in [0.4, 0.5) is 13.2 Å². The van der Waals surface area contributed by atoms with E-state index in [2.05, 4.69) is 9.89 Å². The number of aryl methyl sites for hydroxylation is 1. The van der Waals surface area contributed by atoms with E-state index >= 15 is 0 Å². The summed E-state index contributed by atoms with van der Waals surface area (Å²) in [6, 6.07) is 13.2. The Balaban J connectivity index is 1.90. The Morgan fingerprint density at radius 2 is 1.86 bits per heavy atom. The average molecular weight is 309 g/mol. The first-order valence-electron chi connectivity index (χ1n) is 6.49. The molecule has 0 atom stereocenters. The molecule has 0 saturated heterocycles. The van der Waals surface area contributed by atoms with Crippen LogP contribution in [0.2, 0.25) is 0 Å². The van der Waals surface area contributed by atoms with Gasteiger partial charge in [0.05, 0.1) is 6.21 Å². The van der Waals surface area contributed by atoms with Gasteiger partial charge in [0.1, 0.15) is 12.4 Å². The van der Waals surface area contributed by atoms with Crippen LogP contribution in [-0.4, -0.2) is 12.6 Å². The van der Waals surface area contributed by atoms with Gasteiger partial charge in [-0.2, -0.15) is 0 Å². The van der Waals surface area contributed by atoms with Crippen LogP contribution in [0.1, 0.15) is 16.7 Å². The molecule has 0 N–H and O–H groups in total. The number of hydrogen-bond donors (Lipinski definition) is 0. The van der Waals surface area contributed by atoms with E-state index in [0.29, 0.717) is 5.56 Å². The smallest absolute Gasteiger partial charge is 0.406 e. The van der Waals surface area contributed by atoms with Crippen LogP contribution in [0, 0.1) is 6.92 Å². The normalized spacial score (nSPS) is 11.6. The maximum atomic E-state index is 12.1. The van der Waals surface area contributed by atoms with Crippen molar-refractivity contribution >= 4 is 6.21 Å². The molecule has 0 spiro atoms. The lowest BCUT2D eigenvalue weighted by Gasteiger charge is -2.09. The Morgan fingerprint density at radius 1 is 1.09 bits per heavy atom. The Kier molecular flexibility index (Phi) is 5.04. The highest BCUT2D eigenvalue weighted by Gasteiger charge is 2.31. The fourth-order valence-corrected chi connectivity index (χ4v) is 1.79. The van der Waals surface area contributed by atoms with Gasteiger partial charge in [-0.15, -0.1) is 13.2 Å². The Morgan fingerprint density at radius 3 is 2.59 bits per heavy atom. The lowest BCUT2D eigenvalue weighted by atomic mass is 10.2. The van der Waals surface area contributed by atoms with Gasteiger partial charge in [-0.05, 0) is 30.2 Å². The minimum absolute atomic E-state index is 0.0529. The maximum Gasteiger partial charge on any atom is 0.573 e. The summed E-state index contributed by atoms with van der Waals surface area (Å²) in [4.78, 5) is 5.08. The molecule has 0 amide bonds. The van der Waals surface area contributed by atoms with Gasteiger partial charge >= 0.3 is 6.36 Å². The van der Waals surface area contributed by atoms with Crippen molar-refractivity contribution in [2.75, 3.05) is 0 Å². The molecule has 0 aliphatic rings. The topological polar surface area (TPSA) is 30.8 Å². The fraction of sp³-hybridized carbons (Fsp3) is 0.188. The van der Waals surface area contributed by atoms with E-state index in [4.69, 9.17) is 4.84 Å². The van der Waals surface area contributed by atoms with Gasteiger partial charge in [0, 0.05) is 0 Å². The number of ether oxygens (including phenoxy) is 1. The molecule has 6 heteroatoms. The predicted molar refractivity (Wildman–Crippen MR) is 76.7 cm³/mol. The Bertz CT molecular complexity index is 654. The van der Waals surface area contributed by atoms with Gasteiger partial charge in [-0.1, -0.05) is 47.1 Å². The fourth-order valence-electron chi connectivity index (χ4n) is 1.79. The molecule has 0 aliphatic carbocycles. The molecule has 3 nitrogen and oxygen atoms in total. The molecule has 0 aliphatic heterocycles. The highest BCUT2D eigenvalue weighted by Crippen LogP contribution is 2.23. The van der Waals surface area contributed by atoms with Crippen LogP contribution in [0.25, 0.3) is 0 Å². The highest BCUT2D eigenvalue weighted by molar-refractivity contribution is 5.79. The standard InChI is InChI=1S/C16H14F3NO2/c1-12-4-2-5-13(8-12)10-20-21-11-14-6-3-7-15(9-14)22-16(17,18)19/h2-10H,11H2,1H3. The van der Waals surface area contributed by atoms with Crippen molar-refractivity contribution in [1.82, 2.24) is 0 Å². The van der Waals surface area contributed by atoms with Crippen molar-refractivity contribution in [2.24, 2.45) is 5.16 Å². The number of hydrogen-bond acceptors (Lipinski definition) is 3. The summed E-state index contributed by atoms with van der Waals surface area (Å²) in [5.74, 6) is -0.281. The first-order chi connectivity index (χ1) is 10.4. The molecular formula is C16H14F3NO2. The average Bonchev–Trinajstić information content (AvgIpc) is 2.42. The molecule has 2 aromatic rings.